The fourth-order valence-electron chi connectivity index (χ4n) is 3.94. The zero-order valence-electron chi connectivity index (χ0n) is 18.4. The molecule has 0 aliphatic carbocycles. The van der Waals surface area contributed by atoms with E-state index in [1.165, 1.54) is 11.1 Å². The summed E-state index contributed by atoms with van der Waals surface area (Å²) >= 11 is 6.00. The molecular weight excluding hydrogens is 436 g/mol. The van der Waals surface area contributed by atoms with Crippen LogP contribution in [0.1, 0.15) is 28.9 Å². The van der Waals surface area contributed by atoms with E-state index in [1.807, 2.05) is 51.6 Å². The van der Waals surface area contributed by atoms with Gasteiger partial charge in [0.25, 0.3) is 0 Å². The molecule has 33 heavy (non-hydrogen) atoms. The number of aromatic nitrogens is 5. The summed E-state index contributed by atoms with van der Waals surface area (Å²) in [4.78, 5) is 12.3. The van der Waals surface area contributed by atoms with Crippen LogP contribution < -0.4 is 5.32 Å². The topological polar surface area (TPSA) is 76.6 Å². The van der Waals surface area contributed by atoms with Crippen molar-refractivity contribution in [2.24, 2.45) is 0 Å². The summed E-state index contributed by atoms with van der Waals surface area (Å²) in [6, 6.07) is 15.8. The fourth-order valence-corrected chi connectivity index (χ4v) is 4.15. The number of amides is 1. The van der Waals surface area contributed by atoms with Crippen molar-refractivity contribution < 1.29 is 4.79 Å². The van der Waals surface area contributed by atoms with Crippen LogP contribution in [0, 0.1) is 13.8 Å². The van der Waals surface area contributed by atoms with Gasteiger partial charge in [0.2, 0.25) is 5.91 Å². The second-order valence-electron chi connectivity index (χ2n) is 8.19. The van der Waals surface area contributed by atoms with Crippen molar-refractivity contribution >= 4 is 28.7 Å². The van der Waals surface area contributed by atoms with Crippen LogP contribution in [0.25, 0.3) is 22.4 Å². The number of rotatable bonds is 6. The largest absolute Gasteiger partial charge is 0.352 e. The summed E-state index contributed by atoms with van der Waals surface area (Å²) < 4.78 is 3.75. The zero-order chi connectivity index (χ0) is 22.9. The summed E-state index contributed by atoms with van der Waals surface area (Å²) in [6.45, 7) is 4.60. The van der Waals surface area contributed by atoms with E-state index in [1.54, 1.807) is 0 Å². The molecule has 5 aromatic rings. The third kappa shape index (κ3) is 4.32. The Morgan fingerprint density at radius 1 is 1.06 bits per heavy atom. The van der Waals surface area contributed by atoms with E-state index in [-0.39, 0.29) is 5.91 Å². The number of halogens is 1. The SMILES string of the molecule is Cc1ccc(C)c(-c2cc3c4nnc(CCC(=O)NCc5cccc(Cl)c5)n4ccn3n2)c1. The van der Waals surface area contributed by atoms with Crippen LogP contribution >= 0.6 is 11.6 Å². The Hall–Kier alpha value is -3.71. The average molecular weight is 459 g/mol. The number of carbonyl (C=O) groups is 1. The Morgan fingerprint density at radius 3 is 2.79 bits per heavy atom. The van der Waals surface area contributed by atoms with Crippen LogP contribution in [-0.4, -0.2) is 30.1 Å². The number of carbonyl (C=O) groups excluding carboxylic acids is 1. The number of nitrogens with one attached hydrogen (secondary N) is 1. The van der Waals surface area contributed by atoms with E-state index >= 15 is 0 Å². The molecule has 0 aliphatic heterocycles. The minimum Gasteiger partial charge on any atom is -0.352 e. The first-order valence-corrected chi connectivity index (χ1v) is 11.2. The number of benzene rings is 2. The molecule has 0 fully saturated rings. The molecule has 2 aromatic carbocycles. The lowest BCUT2D eigenvalue weighted by Gasteiger charge is -2.05. The number of nitrogens with zero attached hydrogens (tertiary/aromatic N) is 5. The van der Waals surface area contributed by atoms with E-state index in [0.29, 0.717) is 24.4 Å². The third-order valence-electron chi connectivity index (χ3n) is 5.71. The minimum atomic E-state index is -0.0469. The van der Waals surface area contributed by atoms with E-state index < -0.39 is 0 Å². The molecule has 0 aliphatic rings. The smallest absolute Gasteiger partial charge is 0.220 e. The van der Waals surface area contributed by atoms with Crippen molar-refractivity contribution in [2.75, 3.05) is 0 Å². The van der Waals surface area contributed by atoms with E-state index in [4.69, 9.17) is 16.7 Å². The van der Waals surface area contributed by atoms with Gasteiger partial charge in [-0.05, 0) is 49.2 Å². The highest BCUT2D eigenvalue weighted by Gasteiger charge is 2.14. The highest BCUT2D eigenvalue weighted by atomic mass is 35.5. The second-order valence-corrected chi connectivity index (χ2v) is 8.63. The quantitative estimate of drug-likeness (QED) is 0.404. The van der Waals surface area contributed by atoms with Gasteiger partial charge < -0.3 is 5.32 Å². The Kier molecular flexibility index (Phi) is 5.56. The lowest BCUT2D eigenvalue weighted by atomic mass is 10.0. The molecule has 0 spiro atoms. The van der Waals surface area contributed by atoms with Gasteiger partial charge in [-0.25, -0.2) is 4.52 Å². The van der Waals surface area contributed by atoms with Crippen molar-refractivity contribution in [3.63, 3.8) is 0 Å². The van der Waals surface area contributed by atoms with Gasteiger partial charge in [-0.15, -0.1) is 10.2 Å². The first-order chi connectivity index (χ1) is 16.0. The van der Waals surface area contributed by atoms with Gasteiger partial charge in [0.05, 0.1) is 5.69 Å². The number of aryl methyl sites for hydroxylation is 3. The first-order valence-electron chi connectivity index (χ1n) is 10.8. The van der Waals surface area contributed by atoms with Crippen molar-refractivity contribution in [3.8, 4) is 11.3 Å². The standard InChI is InChI=1S/C25H23ClN6O/c1-16-6-7-17(2)20(12-16)21-14-22-25-29-28-23(31(25)10-11-32(22)30-21)8-9-24(33)27-15-18-4-3-5-19(26)13-18/h3-7,10-14H,8-9,15H2,1-2H3,(H,27,33). The van der Waals surface area contributed by atoms with Crippen LogP contribution in [0.4, 0.5) is 0 Å². The zero-order valence-corrected chi connectivity index (χ0v) is 19.2. The number of hydrogen-bond donors (Lipinski definition) is 1. The Morgan fingerprint density at radius 2 is 1.94 bits per heavy atom. The molecule has 0 saturated heterocycles. The molecule has 5 rings (SSSR count). The summed E-state index contributed by atoms with van der Waals surface area (Å²) in [5.41, 5.74) is 6.92. The molecule has 1 amide bonds. The monoisotopic (exact) mass is 458 g/mol. The van der Waals surface area contributed by atoms with Gasteiger partial charge in [-0.3, -0.25) is 9.20 Å². The lowest BCUT2D eigenvalue weighted by Crippen LogP contribution is -2.23. The summed E-state index contributed by atoms with van der Waals surface area (Å²) in [6.07, 6.45) is 4.58. The molecule has 3 aromatic heterocycles. The average Bonchev–Trinajstić information content (AvgIpc) is 3.41. The molecule has 0 radical (unpaired) electrons. The molecular formula is C25H23ClN6O. The van der Waals surface area contributed by atoms with Crippen molar-refractivity contribution in [1.82, 2.24) is 29.5 Å². The van der Waals surface area contributed by atoms with Gasteiger partial charge >= 0.3 is 0 Å². The summed E-state index contributed by atoms with van der Waals surface area (Å²) in [5.74, 6) is 0.689. The Bertz CT molecular complexity index is 1490. The van der Waals surface area contributed by atoms with Crippen LogP contribution in [0.15, 0.2) is 60.9 Å². The maximum atomic E-state index is 12.3. The second kappa shape index (κ2) is 8.67. The predicted molar refractivity (Wildman–Crippen MR) is 128 cm³/mol. The van der Waals surface area contributed by atoms with Crippen molar-refractivity contribution in [3.05, 3.63) is 88.5 Å². The predicted octanol–water partition coefficient (Wildman–Crippen LogP) is 4.56. The Balaban J connectivity index is 1.33. The fraction of sp³-hybridized carbons (Fsp3) is 0.200. The molecule has 3 heterocycles. The number of fused-ring (bicyclic) bond motifs is 3. The maximum absolute atomic E-state index is 12.3. The van der Waals surface area contributed by atoms with Gasteiger partial charge in [-0.2, -0.15) is 5.10 Å². The van der Waals surface area contributed by atoms with Crippen LogP contribution in [-0.2, 0) is 17.8 Å². The molecule has 166 valence electrons. The third-order valence-corrected chi connectivity index (χ3v) is 5.95. The van der Waals surface area contributed by atoms with Crippen molar-refractivity contribution in [2.45, 2.75) is 33.2 Å². The molecule has 0 bridgehead atoms. The van der Waals surface area contributed by atoms with E-state index in [0.717, 1.165) is 33.8 Å². The summed E-state index contributed by atoms with van der Waals surface area (Å²) in [7, 11) is 0. The van der Waals surface area contributed by atoms with E-state index in [2.05, 4.69) is 47.6 Å². The molecule has 7 nitrogen and oxygen atoms in total. The number of hydrogen-bond acceptors (Lipinski definition) is 4. The van der Waals surface area contributed by atoms with Gasteiger partial charge in [0.1, 0.15) is 11.3 Å². The molecule has 0 saturated carbocycles. The highest BCUT2D eigenvalue weighted by molar-refractivity contribution is 6.30. The lowest BCUT2D eigenvalue weighted by molar-refractivity contribution is -0.121. The highest BCUT2D eigenvalue weighted by Crippen LogP contribution is 2.26. The van der Waals surface area contributed by atoms with Gasteiger partial charge in [-0.1, -0.05) is 41.4 Å². The normalized spacial score (nSPS) is 11.4. The van der Waals surface area contributed by atoms with Gasteiger partial charge in [0.15, 0.2) is 5.65 Å². The maximum Gasteiger partial charge on any atom is 0.220 e. The minimum absolute atomic E-state index is 0.0469. The van der Waals surface area contributed by atoms with Crippen LogP contribution in [0.5, 0.6) is 0 Å². The molecule has 1 N–H and O–H groups in total. The van der Waals surface area contributed by atoms with E-state index in [9.17, 15) is 4.79 Å². The molecule has 8 heteroatoms. The van der Waals surface area contributed by atoms with Crippen molar-refractivity contribution in [1.29, 1.82) is 0 Å². The molecule has 0 unspecified atom stereocenters. The van der Waals surface area contributed by atoms with Crippen LogP contribution in [0.3, 0.4) is 0 Å². The first kappa shape index (κ1) is 21.2. The molecule has 0 atom stereocenters. The Labute approximate surface area is 196 Å². The van der Waals surface area contributed by atoms with Crippen LogP contribution in [0.2, 0.25) is 5.02 Å². The van der Waals surface area contributed by atoms with Gasteiger partial charge in [0, 0.05) is 42.4 Å². The summed E-state index contributed by atoms with van der Waals surface area (Å²) in [5, 5.41) is 17.0.